The number of nitrogens with one attached hydrogen (secondary N) is 1. The lowest BCUT2D eigenvalue weighted by atomic mass is 10.1. The average molecular weight is 342 g/mol. The van der Waals surface area contributed by atoms with Crippen LogP contribution in [0.25, 0.3) is 10.7 Å². The molecule has 0 spiro atoms. The highest BCUT2D eigenvalue weighted by molar-refractivity contribution is 7.13. The van der Waals surface area contributed by atoms with Gasteiger partial charge in [0.25, 0.3) is 5.91 Å². The number of carbonyl (C=O) groups is 2. The third-order valence-corrected chi connectivity index (χ3v) is 4.14. The molecule has 0 bridgehead atoms. The Kier molecular flexibility index (Phi) is 4.39. The average Bonchev–Trinajstić information content (AvgIpc) is 3.22. The maximum absolute atomic E-state index is 12.6. The molecular weight excluding hydrogens is 328 g/mol. The largest absolute Gasteiger partial charge is 0.479 e. The summed E-state index contributed by atoms with van der Waals surface area (Å²) in [6, 6.07) is 7.41. The molecule has 2 N–H and O–H groups in total. The first-order valence-electron chi connectivity index (χ1n) is 7.08. The molecular formula is C16H14N4O3S. The maximum Gasteiger partial charge on any atom is 0.330 e. The number of amides is 1. The van der Waals surface area contributed by atoms with Crippen molar-refractivity contribution >= 4 is 23.2 Å². The number of hydrogen-bond donors (Lipinski definition) is 2. The fourth-order valence-electron chi connectivity index (χ4n) is 2.29. The normalized spacial score (nSPS) is 11.9. The summed E-state index contributed by atoms with van der Waals surface area (Å²) >= 11 is 1.36. The highest BCUT2D eigenvalue weighted by Gasteiger charge is 2.26. The highest BCUT2D eigenvalue weighted by Crippen LogP contribution is 2.24. The summed E-state index contributed by atoms with van der Waals surface area (Å²) < 4.78 is 1.50. The van der Waals surface area contributed by atoms with Crippen LogP contribution >= 0.6 is 11.3 Å². The van der Waals surface area contributed by atoms with E-state index in [2.05, 4.69) is 15.4 Å². The summed E-state index contributed by atoms with van der Waals surface area (Å²) in [7, 11) is 1.69. The van der Waals surface area contributed by atoms with Crippen LogP contribution in [0, 0.1) is 0 Å². The lowest BCUT2D eigenvalue weighted by Gasteiger charge is -2.14. The quantitative estimate of drug-likeness (QED) is 0.740. The van der Waals surface area contributed by atoms with Crippen LogP contribution in [-0.4, -0.2) is 31.7 Å². The SMILES string of the molecule is Cn1cc(C(=O)N[C@H](C(=O)O)c2ccccc2)c(-c2nccs2)n1. The molecule has 0 radical (unpaired) electrons. The van der Waals surface area contributed by atoms with Crippen LogP contribution in [0.4, 0.5) is 0 Å². The summed E-state index contributed by atoms with van der Waals surface area (Å²) in [4.78, 5) is 28.3. The lowest BCUT2D eigenvalue weighted by molar-refractivity contribution is -0.139. The third-order valence-electron chi connectivity index (χ3n) is 3.36. The lowest BCUT2D eigenvalue weighted by Crippen LogP contribution is -2.33. The second kappa shape index (κ2) is 6.63. The number of carbonyl (C=O) groups excluding carboxylic acids is 1. The molecule has 0 saturated heterocycles. The van der Waals surface area contributed by atoms with Crippen molar-refractivity contribution < 1.29 is 14.7 Å². The predicted molar refractivity (Wildman–Crippen MR) is 88.6 cm³/mol. The summed E-state index contributed by atoms with van der Waals surface area (Å²) in [6.45, 7) is 0. The summed E-state index contributed by atoms with van der Waals surface area (Å²) in [5, 5.41) is 18.6. The van der Waals surface area contributed by atoms with Crippen molar-refractivity contribution in [3.8, 4) is 10.7 Å². The number of thiazole rings is 1. The zero-order chi connectivity index (χ0) is 17.1. The molecule has 24 heavy (non-hydrogen) atoms. The van der Waals surface area contributed by atoms with Gasteiger partial charge >= 0.3 is 5.97 Å². The van der Waals surface area contributed by atoms with E-state index >= 15 is 0 Å². The van der Waals surface area contributed by atoms with Crippen molar-refractivity contribution in [3.05, 3.63) is 59.2 Å². The predicted octanol–water partition coefficient (Wildman–Crippen LogP) is 2.10. The minimum absolute atomic E-state index is 0.287. The van der Waals surface area contributed by atoms with Crippen molar-refractivity contribution in [2.24, 2.45) is 7.05 Å². The molecule has 0 aliphatic heterocycles. The summed E-state index contributed by atoms with van der Waals surface area (Å²) in [6.07, 6.45) is 3.18. The van der Waals surface area contributed by atoms with Gasteiger partial charge in [0.1, 0.15) is 10.7 Å². The standard InChI is InChI=1S/C16H14N4O3S/c1-20-9-11(13(19-20)15-17-7-8-24-15)14(21)18-12(16(22)23)10-5-3-2-4-6-10/h2-9,12H,1H3,(H,18,21)(H,22,23)/t12-/m0/s1. The molecule has 8 heteroatoms. The fourth-order valence-corrected chi connectivity index (χ4v) is 2.93. The first kappa shape index (κ1) is 15.9. The molecule has 2 heterocycles. The Hall–Kier alpha value is -3.00. The molecule has 122 valence electrons. The van der Waals surface area contributed by atoms with E-state index in [1.54, 1.807) is 55.2 Å². The first-order chi connectivity index (χ1) is 11.6. The van der Waals surface area contributed by atoms with Gasteiger partial charge < -0.3 is 10.4 Å². The van der Waals surface area contributed by atoms with E-state index in [-0.39, 0.29) is 5.56 Å². The number of rotatable bonds is 5. The van der Waals surface area contributed by atoms with Gasteiger partial charge in [-0.2, -0.15) is 5.10 Å². The molecule has 0 aliphatic rings. The second-order valence-electron chi connectivity index (χ2n) is 5.06. The van der Waals surface area contributed by atoms with E-state index < -0.39 is 17.9 Å². The molecule has 1 aromatic carbocycles. The molecule has 0 saturated carbocycles. The molecule has 0 aliphatic carbocycles. The Bertz CT molecular complexity index is 859. The van der Waals surface area contributed by atoms with Gasteiger partial charge in [-0.1, -0.05) is 30.3 Å². The van der Waals surface area contributed by atoms with E-state index in [0.717, 1.165) is 0 Å². The van der Waals surface area contributed by atoms with Crippen LogP contribution < -0.4 is 5.32 Å². The number of carboxylic acids is 1. The van der Waals surface area contributed by atoms with E-state index in [1.807, 2.05) is 0 Å². The minimum Gasteiger partial charge on any atom is -0.479 e. The molecule has 2 aromatic heterocycles. The van der Waals surface area contributed by atoms with Gasteiger partial charge in [0, 0.05) is 24.8 Å². The molecule has 3 aromatic rings. The Morgan fingerprint density at radius 3 is 2.67 bits per heavy atom. The third kappa shape index (κ3) is 3.18. The van der Waals surface area contributed by atoms with Gasteiger partial charge in [-0.3, -0.25) is 9.48 Å². The number of nitrogens with zero attached hydrogens (tertiary/aromatic N) is 3. The number of aryl methyl sites for hydroxylation is 1. The van der Waals surface area contributed by atoms with Gasteiger partial charge in [-0.15, -0.1) is 11.3 Å². The number of hydrogen-bond acceptors (Lipinski definition) is 5. The zero-order valence-electron chi connectivity index (χ0n) is 12.7. The van der Waals surface area contributed by atoms with Gasteiger partial charge in [-0.25, -0.2) is 9.78 Å². The van der Waals surface area contributed by atoms with Gasteiger partial charge in [0.15, 0.2) is 6.04 Å². The van der Waals surface area contributed by atoms with E-state index in [9.17, 15) is 14.7 Å². The van der Waals surface area contributed by atoms with Crippen LogP contribution in [0.2, 0.25) is 0 Å². The summed E-state index contributed by atoms with van der Waals surface area (Å²) in [5.41, 5.74) is 1.22. The fraction of sp³-hybridized carbons (Fsp3) is 0.125. The van der Waals surface area contributed by atoms with Crippen molar-refractivity contribution in [1.29, 1.82) is 0 Å². The summed E-state index contributed by atoms with van der Waals surface area (Å²) in [5.74, 6) is -1.64. The van der Waals surface area contributed by atoms with Crippen LogP contribution in [0.1, 0.15) is 22.0 Å². The van der Waals surface area contributed by atoms with E-state index in [1.165, 1.54) is 16.0 Å². The van der Waals surface area contributed by atoms with Crippen LogP contribution in [0.15, 0.2) is 48.1 Å². The number of benzene rings is 1. The molecule has 0 unspecified atom stereocenters. The van der Waals surface area contributed by atoms with Crippen molar-refractivity contribution in [1.82, 2.24) is 20.1 Å². The van der Waals surface area contributed by atoms with Crippen LogP contribution in [0.5, 0.6) is 0 Å². The van der Waals surface area contributed by atoms with Crippen LogP contribution in [0.3, 0.4) is 0 Å². The Morgan fingerprint density at radius 2 is 2.04 bits per heavy atom. The first-order valence-corrected chi connectivity index (χ1v) is 7.96. The van der Waals surface area contributed by atoms with E-state index in [4.69, 9.17) is 0 Å². The van der Waals surface area contributed by atoms with E-state index in [0.29, 0.717) is 16.3 Å². The van der Waals surface area contributed by atoms with Gasteiger partial charge in [0.2, 0.25) is 0 Å². The topological polar surface area (TPSA) is 97.1 Å². The molecule has 7 nitrogen and oxygen atoms in total. The smallest absolute Gasteiger partial charge is 0.330 e. The Balaban J connectivity index is 1.91. The number of aliphatic carboxylic acids is 1. The Morgan fingerprint density at radius 1 is 1.29 bits per heavy atom. The molecule has 3 rings (SSSR count). The second-order valence-corrected chi connectivity index (χ2v) is 5.95. The zero-order valence-corrected chi connectivity index (χ0v) is 13.5. The maximum atomic E-state index is 12.6. The molecule has 1 amide bonds. The van der Waals surface area contributed by atoms with Crippen LogP contribution in [-0.2, 0) is 11.8 Å². The minimum atomic E-state index is -1.14. The number of aromatic nitrogens is 3. The van der Waals surface area contributed by atoms with Crippen molar-refractivity contribution in [2.75, 3.05) is 0 Å². The van der Waals surface area contributed by atoms with Crippen molar-refractivity contribution in [3.63, 3.8) is 0 Å². The molecule has 0 fully saturated rings. The Labute approximate surface area is 141 Å². The molecule has 1 atom stereocenters. The van der Waals surface area contributed by atoms with Gasteiger partial charge in [0.05, 0.1) is 5.56 Å². The van der Waals surface area contributed by atoms with Gasteiger partial charge in [-0.05, 0) is 5.56 Å². The highest BCUT2D eigenvalue weighted by atomic mass is 32.1. The van der Waals surface area contributed by atoms with Crippen molar-refractivity contribution in [2.45, 2.75) is 6.04 Å². The number of carboxylic acid groups (broad SMARTS) is 1. The monoisotopic (exact) mass is 342 g/mol.